The average Bonchev–Trinajstić information content (AvgIpc) is 3.88. The Balaban J connectivity index is 1.27. The molecule has 2 aromatic heterocycles. The quantitative estimate of drug-likeness (QED) is 0.162. The predicted molar refractivity (Wildman–Crippen MR) is 258 cm³/mol. The topological polar surface area (TPSA) is 118 Å². The number of sulfone groups is 2. The van der Waals surface area contributed by atoms with Gasteiger partial charge in [-0.25, -0.2) is 16.8 Å². The molecule has 0 amide bonds. The van der Waals surface area contributed by atoms with Crippen LogP contribution in [0.1, 0.15) is 15.9 Å². The Hall–Kier alpha value is -7.54. The van der Waals surface area contributed by atoms with Gasteiger partial charge in [0, 0.05) is 72.4 Å². The number of carbonyl (C=O) groups excluding carboxylic acids is 1. The Bertz CT molecular complexity index is 4170. The van der Waals surface area contributed by atoms with Crippen molar-refractivity contribution in [2.45, 2.75) is 29.4 Å². The van der Waals surface area contributed by atoms with Crippen molar-refractivity contribution >= 4 is 80.2 Å². The first kappa shape index (κ1) is 38.9. The third-order valence-corrected chi connectivity index (χ3v) is 18.5. The van der Waals surface area contributed by atoms with E-state index in [1.54, 1.807) is 66.7 Å². The normalized spacial score (nSPS) is 15.7. The van der Waals surface area contributed by atoms with E-state index in [0.29, 0.717) is 11.1 Å². The van der Waals surface area contributed by atoms with Crippen LogP contribution in [-0.2, 0) is 30.9 Å². The fraction of sp³-hybridized carbons (Fsp3) is 0. The van der Waals surface area contributed by atoms with E-state index in [0.717, 1.165) is 66.1 Å². The van der Waals surface area contributed by atoms with Crippen LogP contribution in [0.15, 0.2) is 223 Å². The summed E-state index contributed by atoms with van der Waals surface area (Å²) < 4.78 is 75.9. The molecule has 0 bridgehead atoms. The summed E-state index contributed by atoms with van der Waals surface area (Å²) in [4.78, 5) is 14.9. The molecule has 0 aliphatic carbocycles. The molecule has 66 heavy (non-hydrogen) atoms. The highest BCUT2D eigenvalue weighted by Crippen LogP contribution is 2.53. The van der Waals surface area contributed by atoms with Crippen molar-refractivity contribution < 1.29 is 26.2 Å². The summed E-state index contributed by atoms with van der Waals surface area (Å²) in [5, 5.41) is 3.42. The maximum atomic E-state index is 14.6. The first-order valence-electron chi connectivity index (χ1n) is 21.2. The number of hydrogen-bond donors (Lipinski definition) is 0. The SMILES string of the molecule is O=C1c2ccccc2S(=O)(=O)c2ccc(-c3c4c5ccccc5n(-c5ccccc5)c4c(-c4ccc5c(c4)[S+]([O-])c4ccccc4S5(=O)=O)c4c5ccccc5n(-c5ccccc5)c34)cc21. The molecule has 1 atom stereocenters. The smallest absolute Gasteiger partial charge is 0.216 e. The van der Waals surface area contributed by atoms with E-state index in [4.69, 9.17) is 0 Å². The van der Waals surface area contributed by atoms with Gasteiger partial charge in [0.2, 0.25) is 19.7 Å². The second-order valence-corrected chi connectivity index (χ2v) is 21.7. The summed E-state index contributed by atoms with van der Waals surface area (Å²) in [5.41, 5.74) is 8.09. The molecule has 2 aliphatic rings. The van der Waals surface area contributed by atoms with Crippen molar-refractivity contribution in [1.29, 1.82) is 0 Å². The summed E-state index contributed by atoms with van der Waals surface area (Å²) >= 11 is -1.83. The van der Waals surface area contributed by atoms with Gasteiger partial charge in [0.05, 0.1) is 31.9 Å². The van der Waals surface area contributed by atoms with E-state index >= 15 is 0 Å². The van der Waals surface area contributed by atoms with E-state index in [9.17, 15) is 26.2 Å². The molecule has 316 valence electrons. The first-order chi connectivity index (χ1) is 32.1. The zero-order valence-corrected chi connectivity index (χ0v) is 37.0. The minimum atomic E-state index is -4.04. The molecule has 0 saturated heterocycles. The molecule has 1 unspecified atom stereocenters. The van der Waals surface area contributed by atoms with Crippen LogP contribution < -0.4 is 0 Å². The largest absolute Gasteiger partial charge is 0.606 e. The van der Waals surface area contributed by atoms with Crippen molar-refractivity contribution in [3.63, 3.8) is 0 Å². The number of aromatic nitrogens is 2. The lowest BCUT2D eigenvalue weighted by molar-refractivity contribution is 0.103. The number of para-hydroxylation sites is 4. The van der Waals surface area contributed by atoms with Gasteiger partial charge in [0.15, 0.2) is 15.6 Å². The lowest BCUT2D eigenvalue weighted by atomic mass is 9.88. The van der Waals surface area contributed by atoms with Crippen LogP contribution in [0, 0.1) is 0 Å². The van der Waals surface area contributed by atoms with Gasteiger partial charge in [-0.1, -0.05) is 109 Å². The average molecular weight is 913 g/mol. The minimum Gasteiger partial charge on any atom is -0.606 e. The second-order valence-electron chi connectivity index (χ2n) is 16.5. The van der Waals surface area contributed by atoms with E-state index in [2.05, 4.69) is 33.4 Å². The molecule has 13 rings (SSSR count). The van der Waals surface area contributed by atoms with Crippen molar-refractivity contribution in [3.05, 3.63) is 205 Å². The van der Waals surface area contributed by atoms with Gasteiger partial charge in [-0.3, -0.25) is 4.79 Å². The molecule has 11 aromatic rings. The highest BCUT2D eigenvalue weighted by Gasteiger charge is 2.40. The van der Waals surface area contributed by atoms with Gasteiger partial charge < -0.3 is 13.7 Å². The van der Waals surface area contributed by atoms with Crippen LogP contribution in [-0.4, -0.2) is 36.3 Å². The van der Waals surface area contributed by atoms with Gasteiger partial charge in [-0.2, -0.15) is 0 Å². The van der Waals surface area contributed by atoms with Crippen molar-refractivity contribution in [1.82, 2.24) is 9.13 Å². The lowest BCUT2D eigenvalue weighted by Crippen LogP contribution is -2.20. The summed E-state index contributed by atoms with van der Waals surface area (Å²) in [6.07, 6.45) is 0. The predicted octanol–water partition coefficient (Wildman–Crippen LogP) is 11.9. The number of ketones is 1. The highest BCUT2D eigenvalue weighted by molar-refractivity contribution is 7.97. The monoisotopic (exact) mass is 912 g/mol. The summed E-state index contributed by atoms with van der Waals surface area (Å²) in [7, 11) is -8.05. The number of rotatable bonds is 4. The number of carbonyl (C=O) groups is 1. The summed E-state index contributed by atoms with van der Waals surface area (Å²) in [6, 6.07) is 59.3. The van der Waals surface area contributed by atoms with Gasteiger partial charge in [0.1, 0.15) is 9.79 Å². The van der Waals surface area contributed by atoms with Crippen molar-refractivity contribution in [2.24, 2.45) is 0 Å². The van der Waals surface area contributed by atoms with Crippen LogP contribution >= 0.6 is 0 Å². The standard InChI is InChI=1S/C55H32N2O6S3/c58-55-39-21-9-13-25-45(39)65(60,61)46-29-27-33(31-40(46)55)49-51-37-19-7-10-22-41(37)57(36-17-5-2-6-18-36)54(51)50(52-38-20-8-11-23-42(38)56(53(49)52)35-15-3-1-4-16-35)34-28-30-48-44(32-34)64(59)43-24-12-14-26-47(43)66(48,62)63/h1-32H. The van der Waals surface area contributed by atoms with Crippen LogP contribution in [0.25, 0.3) is 77.2 Å². The molecule has 8 nitrogen and oxygen atoms in total. The van der Waals surface area contributed by atoms with Crippen LogP contribution in [0.4, 0.5) is 0 Å². The molecule has 0 fully saturated rings. The molecule has 2 aliphatic heterocycles. The van der Waals surface area contributed by atoms with Crippen molar-refractivity contribution in [3.8, 4) is 33.6 Å². The Morgan fingerprint density at radius 1 is 0.409 bits per heavy atom. The molecular weight excluding hydrogens is 881 g/mol. The fourth-order valence-corrected chi connectivity index (χ4v) is 15.6. The second kappa shape index (κ2) is 14.0. The minimum absolute atomic E-state index is 0.00189. The van der Waals surface area contributed by atoms with Gasteiger partial charge in [0.25, 0.3) is 0 Å². The number of hydrogen-bond acceptors (Lipinski definition) is 6. The molecule has 0 N–H and O–H groups in total. The van der Waals surface area contributed by atoms with E-state index in [-0.39, 0.29) is 46.3 Å². The first-order valence-corrected chi connectivity index (χ1v) is 25.3. The Kier molecular flexibility index (Phi) is 8.24. The van der Waals surface area contributed by atoms with Gasteiger partial charge >= 0.3 is 0 Å². The molecular formula is C55H32N2O6S3. The Morgan fingerprint density at radius 2 is 0.848 bits per heavy atom. The van der Waals surface area contributed by atoms with E-state index in [1.807, 2.05) is 91.0 Å². The number of nitrogens with zero attached hydrogens (tertiary/aromatic N) is 2. The fourth-order valence-electron chi connectivity index (χ4n) is 10.3. The molecule has 9 aromatic carbocycles. The zero-order valence-electron chi connectivity index (χ0n) is 34.5. The molecule has 0 radical (unpaired) electrons. The Morgan fingerprint density at radius 3 is 1.45 bits per heavy atom. The number of fused-ring (bicyclic) bond motifs is 10. The van der Waals surface area contributed by atoms with Crippen LogP contribution in [0.3, 0.4) is 0 Å². The van der Waals surface area contributed by atoms with Gasteiger partial charge in [-0.15, -0.1) is 0 Å². The summed E-state index contributed by atoms with van der Waals surface area (Å²) in [6.45, 7) is 0. The van der Waals surface area contributed by atoms with Crippen molar-refractivity contribution in [2.75, 3.05) is 0 Å². The van der Waals surface area contributed by atoms with E-state index in [1.165, 1.54) is 12.1 Å². The lowest BCUT2D eigenvalue weighted by Gasteiger charge is -2.23. The van der Waals surface area contributed by atoms with Crippen LogP contribution in [0.5, 0.6) is 0 Å². The zero-order chi connectivity index (χ0) is 44.6. The Labute approximate surface area is 381 Å². The van der Waals surface area contributed by atoms with E-state index < -0.39 is 30.9 Å². The molecule has 0 spiro atoms. The van der Waals surface area contributed by atoms with Gasteiger partial charge in [-0.05, 0) is 90.0 Å². The number of benzene rings is 9. The highest BCUT2D eigenvalue weighted by atomic mass is 32.2. The summed E-state index contributed by atoms with van der Waals surface area (Å²) in [5.74, 6) is -0.379. The molecule has 4 heterocycles. The third-order valence-electron chi connectivity index (χ3n) is 13.0. The maximum Gasteiger partial charge on any atom is 0.216 e. The molecule has 11 heteroatoms. The van der Waals surface area contributed by atoms with Crippen LogP contribution in [0.2, 0.25) is 0 Å². The third kappa shape index (κ3) is 5.22. The molecule has 0 saturated carbocycles. The maximum absolute atomic E-state index is 14.6.